The van der Waals surface area contributed by atoms with Crippen molar-refractivity contribution in [3.05, 3.63) is 0 Å². The Morgan fingerprint density at radius 2 is 1.33 bits per heavy atom. The van der Waals surface area contributed by atoms with Crippen molar-refractivity contribution >= 4 is 21.7 Å². The third-order valence-electron chi connectivity index (χ3n) is 0. The normalized spacial score (nSPS) is 10.3. The van der Waals surface area contributed by atoms with Gasteiger partial charge in [-0.05, 0) is 0 Å². The summed E-state index contributed by atoms with van der Waals surface area (Å²) in [6.07, 6.45) is 0. The van der Waals surface area contributed by atoms with Crippen molar-refractivity contribution in [3.8, 4) is 0 Å². The standard InChI is InChI=1S/H3NO3S.H2O3S/c1-5(2,3)4;1-4(2)3/h(H3,1,2,3,4);(H2,1,2,3). The summed E-state index contributed by atoms with van der Waals surface area (Å²) in [5, 5.41) is 3.88. The zero-order valence-electron chi connectivity index (χ0n) is 3.96. The minimum absolute atomic E-state index is 2.61. The van der Waals surface area contributed by atoms with Crippen LogP contribution in [0.1, 0.15) is 0 Å². The second kappa shape index (κ2) is 4.78. The summed E-state index contributed by atoms with van der Waals surface area (Å²) in [7, 11) is -4.17. The molecule has 0 amide bonds. The van der Waals surface area contributed by atoms with Crippen molar-refractivity contribution in [3.63, 3.8) is 0 Å². The number of hydrogen-bond acceptors (Lipinski definition) is 3. The van der Waals surface area contributed by atoms with E-state index >= 15 is 0 Å². The summed E-state index contributed by atoms with van der Waals surface area (Å²) in [5.41, 5.74) is 0. The van der Waals surface area contributed by atoms with Crippen LogP contribution in [0.4, 0.5) is 0 Å². The summed E-state index contributed by atoms with van der Waals surface area (Å²) in [5.74, 6) is 0. The van der Waals surface area contributed by atoms with E-state index in [2.05, 4.69) is 5.14 Å². The molecule has 0 unspecified atom stereocenters. The maximum absolute atomic E-state index is 8.97. The number of rotatable bonds is 0. The van der Waals surface area contributed by atoms with Gasteiger partial charge in [0.1, 0.15) is 0 Å². The van der Waals surface area contributed by atoms with Crippen LogP contribution in [0.2, 0.25) is 0 Å². The number of nitrogens with two attached hydrogens (primary N) is 1. The topological polar surface area (TPSA) is 138 Å². The van der Waals surface area contributed by atoms with Crippen molar-refractivity contribution in [2.45, 2.75) is 0 Å². The Bertz CT molecular complexity index is 153. The highest BCUT2D eigenvalue weighted by Crippen LogP contribution is 1.50. The molecule has 0 fully saturated rings. The molecule has 0 bridgehead atoms. The molecule has 0 atom stereocenters. The zero-order chi connectivity index (χ0) is 8.08. The first-order valence-electron chi connectivity index (χ1n) is 1.28. The highest BCUT2D eigenvalue weighted by atomic mass is 32.2. The Labute approximate surface area is 53.9 Å². The van der Waals surface area contributed by atoms with E-state index in [4.69, 9.17) is 26.3 Å². The van der Waals surface area contributed by atoms with Gasteiger partial charge in [-0.15, -0.1) is 0 Å². The summed E-state index contributed by atoms with van der Waals surface area (Å²) >= 11 is -2.61. The fourth-order valence-corrected chi connectivity index (χ4v) is 0. The van der Waals surface area contributed by atoms with Gasteiger partial charge in [0.05, 0.1) is 0 Å². The molecule has 0 aromatic carbocycles. The molecule has 9 heavy (non-hydrogen) atoms. The quantitative estimate of drug-likeness (QED) is 0.262. The molecule has 0 aliphatic heterocycles. The maximum Gasteiger partial charge on any atom is 0.330 e. The molecule has 0 saturated carbocycles. The second-order valence-electron chi connectivity index (χ2n) is 0.746. The van der Waals surface area contributed by atoms with Gasteiger partial charge in [0.25, 0.3) is 11.4 Å². The van der Waals surface area contributed by atoms with E-state index in [-0.39, 0.29) is 0 Å². The number of hydrogen-bond donors (Lipinski definition) is 4. The average molecular weight is 179 g/mol. The first-order chi connectivity index (χ1) is 3.73. The molecule has 0 aromatic rings. The summed E-state index contributed by atoms with van der Waals surface area (Å²) in [6, 6.07) is 0. The maximum atomic E-state index is 8.97. The Balaban J connectivity index is 0. The van der Waals surface area contributed by atoms with Crippen molar-refractivity contribution in [2.24, 2.45) is 5.14 Å². The first-order valence-corrected chi connectivity index (χ1v) is 3.85. The van der Waals surface area contributed by atoms with E-state index in [1.54, 1.807) is 0 Å². The van der Waals surface area contributed by atoms with Gasteiger partial charge >= 0.3 is 10.3 Å². The van der Waals surface area contributed by atoms with Crippen LogP contribution in [0, 0.1) is 0 Å². The molecule has 0 aliphatic rings. The Morgan fingerprint density at radius 3 is 1.33 bits per heavy atom. The van der Waals surface area contributed by atoms with E-state index < -0.39 is 21.7 Å². The molecule has 0 heterocycles. The monoisotopic (exact) mass is 179 g/mol. The van der Waals surface area contributed by atoms with Gasteiger partial charge in [-0.25, -0.2) is 5.14 Å². The predicted octanol–water partition coefficient (Wildman–Crippen LogP) is -1.57. The largest absolute Gasteiger partial charge is 0.330 e. The van der Waals surface area contributed by atoms with E-state index in [9.17, 15) is 0 Å². The van der Waals surface area contributed by atoms with Crippen molar-refractivity contribution in [1.82, 2.24) is 0 Å². The lowest BCUT2D eigenvalue weighted by molar-refractivity contribution is 0.454. The molecule has 58 valence electrons. The van der Waals surface area contributed by atoms with Crippen LogP contribution in [0.15, 0.2) is 0 Å². The minimum atomic E-state index is -4.17. The van der Waals surface area contributed by atoms with Gasteiger partial charge in [-0.3, -0.25) is 13.7 Å². The third-order valence-corrected chi connectivity index (χ3v) is 0. The Kier molecular flexibility index (Phi) is 6.22. The Morgan fingerprint density at radius 1 is 1.33 bits per heavy atom. The van der Waals surface area contributed by atoms with Crippen LogP contribution in [-0.2, 0) is 21.7 Å². The predicted molar refractivity (Wildman–Crippen MR) is 29.1 cm³/mol. The Hall–Kier alpha value is -0.0600. The van der Waals surface area contributed by atoms with Crippen molar-refractivity contribution in [2.75, 3.05) is 0 Å². The molecule has 0 spiro atoms. The highest BCUT2D eigenvalue weighted by molar-refractivity contribution is 7.83. The van der Waals surface area contributed by atoms with Crippen molar-refractivity contribution < 1.29 is 26.3 Å². The first kappa shape index (κ1) is 11.7. The molecular formula is H5NO6S2. The van der Waals surface area contributed by atoms with Gasteiger partial charge in [0.2, 0.25) is 0 Å². The van der Waals surface area contributed by atoms with Crippen LogP contribution >= 0.6 is 0 Å². The average Bonchev–Trinajstić information content (AvgIpc) is 1.19. The highest BCUT2D eigenvalue weighted by Gasteiger charge is 1.81. The van der Waals surface area contributed by atoms with Gasteiger partial charge in [-0.1, -0.05) is 0 Å². The summed E-state index contributed by atoms with van der Waals surface area (Å²) in [6.45, 7) is 0. The lowest BCUT2D eigenvalue weighted by Gasteiger charge is -1.70. The van der Waals surface area contributed by atoms with Gasteiger partial charge in [0.15, 0.2) is 0 Å². The zero-order valence-corrected chi connectivity index (χ0v) is 5.59. The SMILES string of the molecule is NS(=O)(=O)O.O=S(O)O. The van der Waals surface area contributed by atoms with Gasteiger partial charge < -0.3 is 0 Å². The van der Waals surface area contributed by atoms with Gasteiger partial charge in [0, 0.05) is 0 Å². The lowest BCUT2D eigenvalue weighted by atomic mass is 13.9. The molecule has 7 nitrogen and oxygen atoms in total. The molecule has 0 aliphatic carbocycles. The summed E-state index contributed by atoms with van der Waals surface area (Å²) < 4.78 is 48.0. The minimum Gasteiger partial charge on any atom is -0.284 e. The van der Waals surface area contributed by atoms with Crippen LogP contribution in [-0.4, -0.2) is 26.3 Å². The van der Waals surface area contributed by atoms with E-state index in [0.717, 1.165) is 0 Å². The van der Waals surface area contributed by atoms with Crippen molar-refractivity contribution in [1.29, 1.82) is 0 Å². The third kappa shape index (κ3) is 77800. The second-order valence-corrected chi connectivity index (χ2v) is 2.24. The fourth-order valence-electron chi connectivity index (χ4n) is 0. The molecule has 0 rings (SSSR count). The smallest absolute Gasteiger partial charge is 0.284 e. The molecule has 5 N–H and O–H groups in total. The van der Waals surface area contributed by atoms with Crippen LogP contribution in [0.25, 0.3) is 0 Å². The van der Waals surface area contributed by atoms with Crippen LogP contribution < -0.4 is 5.14 Å². The molecule has 0 saturated heterocycles. The summed E-state index contributed by atoms with van der Waals surface area (Å²) in [4.78, 5) is 0. The lowest BCUT2D eigenvalue weighted by Crippen LogP contribution is -2.08. The van der Waals surface area contributed by atoms with Crippen LogP contribution in [0.5, 0.6) is 0 Å². The fraction of sp³-hybridized carbons (Fsp3) is 0. The van der Waals surface area contributed by atoms with Gasteiger partial charge in [-0.2, -0.15) is 12.6 Å². The molecule has 0 aromatic heterocycles. The molecule has 0 radical (unpaired) electrons. The molecular weight excluding hydrogens is 174 g/mol. The van der Waals surface area contributed by atoms with E-state index in [0.29, 0.717) is 0 Å². The van der Waals surface area contributed by atoms with Crippen LogP contribution in [0.3, 0.4) is 0 Å². The molecule has 9 heteroatoms. The van der Waals surface area contributed by atoms with E-state index in [1.807, 2.05) is 0 Å². The van der Waals surface area contributed by atoms with E-state index in [1.165, 1.54) is 0 Å².